The van der Waals surface area contributed by atoms with Gasteiger partial charge in [-0.05, 0) is 55.3 Å². The van der Waals surface area contributed by atoms with E-state index in [1.807, 2.05) is 13.8 Å². The molecular weight excluding hydrogens is 372 g/mol. The molecule has 1 amide bonds. The van der Waals surface area contributed by atoms with Gasteiger partial charge in [-0.25, -0.2) is 8.42 Å². The molecule has 0 spiro atoms. The average Bonchev–Trinajstić information content (AvgIpc) is 2.62. The zero-order valence-electron chi connectivity index (χ0n) is 15.1. The number of nitrogens with zero attached hydrogens (tertiary/aromatic N) is 1. The van der Waals surface area contributed by atoms with Gasteiger partial charge in [-0.15, -0.1) is 0 Å². The molecule has 0 saturated carbocycles. The summed E-state index contributed by atoms with van der Waals surface area (Å²) in [6.45, 7) is 4.16. The minimum absolute atomic E-state index is 0.109. The van der Waals surface area contributed by atoms with Crippen molar-refractivity contribution >= 4 is 27.5 Å². The maximum absolute atomic E-state index is 12.6. The number of carbonyl (C=O) groups excluding carboxylic acids is 1. The van der Waals surface area contributed by atoms with Crippen LogP contribution in [0.5, 0.6) is 0 Å². The molecule has 0 fully saturated rings. The first-order valence-corrected chi connectivity index (χ1v) is 10.2. The van der Waals surface area contributed by atoms with Crippen LogP contribution >= 0.6 is 11.6 Å². The molecule has 1 atom stereocenters. The van der Waals surface area contributed by atoms with Gasteiger partial charge in [-0.2, -0.15) is 4.31 Å². The van der Waals surface area contributed by atoms with E-state index in [1.54, 1.807) is 36.4 Å². The molecule has 0 aromatic heterocycles. The van der Waals surface area contributed by atoms with Crippen molar-refractivity contribution < 1.29 is 13.2 Å². The highest BCUT2D eigenvalue weighted by molar-refractivity contribution is 7.89. The van der Waals surface area contributed by atoms with Crippen LogP contribution < -0.4 is 5.32 Å². The van der Waals surface area contributed by atoms with Gasteiger partial charge in [-0.1, -0.05) is 30.7 Å². The van der Waals surface area contributed by atoms with Crippen LogP contribution in [0.25, 0.3) is 0 Å². The molecule has 0 bridgehead atoms. The Morgan fingerprint density at radius 3 is 2.23 bits per heavy atom. The Kier molecular flexibility index (Phi) is 6.81. The van der Waals surface area contributed by atoms with Crippen molar-refractivity contribution in [2.24, 2.45) is 0 Å². The maximum Gasteiger partial charge on any atom is 0.251 e. The molecule has 0 heterocycles. The molecule has 0 radical (unpaired) electrons. The van der Waals surface area contributed by atoms with E-state index in [2.05, 4.69) is 5.32 Å². The van der Waals surface area contributed by atoms with Crippen LogP contribution in [0.1, 0.15) is 36.2 Å². The molecule has 140 valence electrons. The van der Waals surface area contributed by atoms with Crippen LogP contribution in [0.3, 0.4) is 0 Å². The second-order valence-electron chi connectivity index (χ2n) is 6.19. The van der Waals surface area contributed by atoms with Crippen LogP contribution in [-0.2, 0) is 16.6 Å². The van der Waals surface area contributed by atoms with E-state index < -0.39 is 10.0 Å². The van der Waals surface area contributed by atoms with E-state index in [4.69, 9.17) is 11.6 Å². The van der Waals surface area contributed by atoms with Crippen molar-refractivity contribution in [3.63, 3.8) is 0 Å². The van der Waals surface area contributed by atoms with Gasteiger partial charge >= 0.3 is 0 Å². The van der Waals surface area contributed by atoms with E-state index in [-0.39, 0.29) is 23.4 Å². The maximum atomic E-state index is 12.6. The van der Waals surface area contributed by atoms with Crippen molar-refractivity contribution in [1.82, 2.24) is 9.62 Å². The lowest BCUT2D eigenvalue weighted by atomic mass is 10.1. The lowest BCUT2D eigenvalue weighted by Crippen LogP contribution is -2.31. The third kappa shape index (κ3) is 5.06. The third-order valence-electron chi connectivity index (χ3n) is 4.13. The number of nitrogens with one attached hydrogen (secondary N) is 1. The normalized spacial score (nSPS) is 12.8. The van der Waals surface area contributed by atoms with Crippen molar-refractivity contribution in [2.45, 2.75) is 37.8 Å². The number of halogens is 1. The van der Waals surface area contributed by atoms with E-state index >= 15 is 0 Å². The summed E-state index contributed by atoms with van der Waals surface area (Å²) < 4.78 is 26.5. The summed E-state index contributed by atoms with van der Waals surface area (Å²) in [6.07, 6.45) is 0.858. The summed E-state index contributed by atoms with van der Waals surface area (Å²) >= 11 is 5.81. The Hall–Kier alpha value is -1.89. The number of hydrogen-bond donors (Lipinski definition) is 1. The summed E-state index contributed by atoms with van der Waals surface area (Å²) in [5, 5.41) is 3.38. The molecule has 2 rings (SSSR count). The molecule has 0 aliphatic carbocycles. The van der Waals surface area contributed by atoms with Crippen LogP contribution in [0.15, 0.2) is 53.4 Å². The van der Waals surface area contributed by atoms with E-state index in [0.29, 0.717) is 10.6 Å². The number of rotatable bonds is 7. The van der Waals surface area contributed by atoms with Gasteiger partial charge in [0.25, 0.3) is 5.91 Å². The Morgan fingerprint density at radius 1 is 1.12 bits per heavy atom. The van der Waals surface area contributed by atoms with Crippen molar-refractivity contribution in [3.8, 4) is 0 Å². The number of benzene rings is 2. The fourth-order valence-corrected chi connectivity index (χ4v) is 3.58. The van der Waals surface area contributed by atoms with Gasteiger partial charge in [0.15, 0.2) is 0 Å². The van der Waals surface area contributed by atoms with Crippen LogP contribution in [0, 0.1) is 0 Å². The second-order valence-corrected chi connectivity index (χ2v) is 8.68. The molecule has 2 aromatic rings. The van der Waals surface area contributed by atoms with Crippen LogP contribution in [-0.4, -0.2) is 31.7 Å². The first-order chi connectivity index (χ1) is 12.2. The Morgan fingerprint density at radius 2 is 1.69 bits per heavy atom. The zero-order valence-corrected chi connectivity index (χ0v) is 16.6. The first kappa shape index (κ1) is 20.4. The third-order valence-corrected chi connectivity index (χ3v) is 6.20. The predicted molar refractivity (Wildman–Crippen MR) is 104 cm³/mol. The predicted octanol–water partition coefficient (Wildman–Crippen LogP) is 3.69. The van der Waals surface area contributed by atoms with E-state index in [1.165, 1.54) is 23.5 Å². The minimum atomic E-state index is -3.60. The Balaban J connectivity index is 2.08. The number of amides is 1. The molecule has 26 heavy (non-hydrogen) atoms. The minimum Gasteiger partial charge on any atom is -0.350 e. The number of carbonyl (C=O) groups is 1. The summed E-state index contributed by atoms with van der Waals surface area (Å²) in [5.74, 6) is -0.131. The highest BCUT2D eigenvalue weighted by Gasteiger charge is 2.21. The molecule has 2 aromatic carbocycles. The lowest BCUT2D eigenvalue weighted by molar-refractivity contribution is 0.0939. The standard InChI is InChI=1S/C19H23ClN2O3S/c1-4-14(2)21-19(23)16-7-5-15(6-8-16)13-22(3)26(24,25)18-11-9-17(20)10-12-18/h5-12,14H,4,13H2,1-3H3,(H,21,23)/t14-/m1/s1. The number of hydrogen-bond acceptors (Lipinski definition) is 3. The molecule has 0 aliphatic rings. The molecule has 0 saturated heterocycles. The molecule has 5 nitrogen and oxygen atoms in total. The highest BCUT2D eigenvalue weighted by atomic mass is 35.5. The second kappa shape index (κ2) is 8.66. The summed E-state index contributed by atoms with van der Waals surface area (Å²) in [6, 6.07) is 13.1. The fourth-order valence-electron chi connectivity index (χ4n) is 2.30. The van der Waals surface area contributed by atoms with Gasteiger partial charge in [0.1, 0.15) is 0 Å². The zero-order chi connectivity index (χ0) is 19.3. The van der Waals surface area contributed by atoms with E-state index in [9.17, 15) is 13.2 Å². The smallest absolute Gasteiger partial charge is 0.251 e. The van der Waals surface area contributed by atoms with Gasteiger partial charge in [0.2, 0.25) is 10.0 Å². The largest absolute Gasteiger partial charge is 0.350 e. The topological polar surface area (TPSA) is 66.5 Å². The van der Waals surface area contributed by atoms with Gasteiger partial charge in [-0.3, -0.25) is 4.79 Å². The molecular formula is C19H23ClN2O3S. The van der Waals surface area contributed by atoms with Gasteiger partial charge in [0.05, 0.1) is 4.90 Å². The summed E-state index contributed by atoms with van der Waals surface area (Å²) in [7, 11) is -2.08. The van der Waals surface area contributed by atoms with Gasteiger partial charge < -0.3 is 5.32 Å². The van der Waals surface area contributed by atoms with E-state index in [0.717, 1.165) is 12.0 Å². The Bertz CT molecular complexity index is 849. The molecule has 0 unspecified atom stereocenters. The number of sulfonamides is 1. The monoisotopic (exact) mass is 394 g/mol. The Labute approximate surface area is 160 Å². The van der Waals surface area contributed by atoms with Crippen molar-refractivity contribution in [3.05, 3.63) is 64.7 Å². The van der Waals surface area contributed by atoms with Crippen LogP contribution in [0.2, 0.25) is 5.02 Å². The quantitative estimate of drug-likeness (QED) is 0.778. The average molecular weight is 395 g/mol. The molecule has 1 N–H and O–H groups in total. The highest BCUT2D eigenvalue weighted by Crippen LogP contribution is 2.19. The molecule has 7 heteroatoms. The fraction of sp³-hybridized carbons (Fsp3) is 0.316. The first-order valence-electron chi connectivity index (χ1n) is 8.35. The van der Waals surface area contributed by atoms with Crippen LogP contribution in [0.4, 0.5) is 0 Å². The van der Waals surface area contributed by atoms with Gasteiger partial charge in [0, 0.05) is 30.2 Å². The summed E-state index contributed by atoms with van der Waals surface area (Å²) in [4.78, 5) is 12.3. The van der Waals surface area contributed by atoms with Crippen molar-refractivity contribution in [2.75, 3.05) is 7.05 Å². The lowest BCUT2D eigenvalue weighted by Gasteiger charge is -2.17. The molecule has 0 aliphatic heterocycles. The van der Waals surface area contributed by atoms with Crippen molar-refractivity contribution in [1.29, 1.82) is 0 Å². The summed E-state index contributed by atoms with van der Waals surface area (Å²) in [5.41, 5.74) is 1.35. The SMILES string of the molecule is CC[C@@H](C)NC(=O)c1ccc(CN(C)S(=O)(=O)c2ccc(Cl)cc2)cc1.